The Kier molecular flexibility index (Phi) is 9.44. The van der Waals surface area contributed by atoms with Gasteiger partial charge < -0.3 is 0 Å². The highest BCUT2D eigenvalue weighted by Gasteiger charge is 2.19. The molecule has 0 aliphatic heterocycles. The van der Waals surface area contributed by atoms with Crippen molar-refractivity contribution in [2.24, 2.45) is 9.98 Å². The Hall–Kier alpha value is -8.48. The van der Waals surface area contributed by atoms with Crippen molar-refractivity contribution in [3.63, 3.8) is 0 Å². The van der Waals surface area contributed by atoms with Crippen molar-refractivity contribution in [1.82, 2.24) is 19.1 Å². The normalized spacial score (nSPS) is 12.1. The lowest BCUT2D eigenvalue weighted by atomic mass is 10.0. The van der Waals surface area contributed by atoms with Crippen molar-refractivity contribution in [2.75, 3.05) is 0 Å². The molecule has 6 nitrogen and oxygen atoms in total. The minimum absolute atomic E-state index is 0.601. The first kappa shape index (κ1) is 37.5. The Labute approximate surface area is 365 Å². The molecule has 0 spiro atoms. The number of amidine groups is 1. The molecule has 0 atom stereocenters. The summed E-state index contributed by atoms with van der Waals surface area (Å²) in [7, 11) is 0. The smallest absolute Gasteiger partial charge is 0.162 e. The van der Waals surface area contributed by atoms with Crippen LogP contribution in [0.5, 0.6) is 0 Å². The summed E-state index contributed by atoms with van der Waals surface area (Å²) in [4.78, 5) is 20.6. The van der Waals surface area contributed by atoms with Gasteiger partial charge in [0.2, 0.25) is 0 Å². The SMILES string of the molecule is C=C(/N=C(\N=C(/C)n1c2ccccc2c2cc(-c3ccc4c5ccccc5n(-c5cc(-c6ccccc6)nc(-c6ccccc6)n5)c4c3)ccc21)c1ccccc1)c1ccccc1. The summed E-state index contributed by atoms with van der Waals surface area (Å²) in [5.41, 5.74) is 11.9. The van der Waals surface area contributed by atoms with Gasteiger partial charge in [-0.3, -0.25) is 9.13 Å². The van der Waals surface area contributed by atoms with Crippen molar-refractivity contribution in [3.05, 3.63) is 230 Å². The molecule has 0 fully saturated rings. The number of hydrogen-bond acceptors (Lipinski definition) is 3. The molecular formula is C57H40N6. The third kappa shape index (κ3) is 6.90. The topological polar surface area (TPSA) is 60.4 Å². The predicted molar refractivity (Wildman–Crippen MR) is 263 cm³/mol. The molecule has 63 heavy (non-hydrogen) atoms. The zero-order valence-corrected chi connectivity index (χ0v) is 34.6. The van der Waals surface area contributed by atoms with E-state index < -0.39 is 0 Å². The summed E-state index contributed by atoms with van der Waals surface area (Å²) in [5, 5.41) is 4.61. The molecule has 0 saturated heterocycles. The molecule has 0 aliphatic rings. The first-order valence-corrected chi connectivity index (χ1v) is 21.1. The van der Waals surface area contributed by atoms with Crippen LogP contribution in [-0.4, -0.2) is 30.8 Å². The predicted octanol–water partition coefficient (Wildman–Crippen LogP) is 14.1. The van der Waals surface area contributed by atoms with Crippen LogP contribution >= 0.6 is 0 Å². The fraction of sp³-hybridized carbons (Fsp3) is 0.0175. The molecule has 11 rings (SSSR count). The van der Waals surface area contributed by atoms with E-state index in [9.17, 15) is 0 Å². The molecule has 0 aliphatic carbocycles. The largest absolute Gasteiger partial charge is 0.297 e. The van der Waals surface area contributed by atoms with E-state index in [1.807, 2.05) is 84.9 Å². The van der Waals surface area contributed by atoms with Crippen LogP contribution in [-0.2, 0) is 0 Å². The first-order valence-electron chi connectivity index (χ1n) is 21.1. The summed E-state index contributed by atoms with van der Waals surface area (Å²) < 4.78 is 4.53. The number of fused-ring (bicyclic) bond motifs is 6. The zero-order chi connectivity index (χ0) is 42.3. The number of benzene rings is 8. The Balaban J connectivity index is 1.06. The number of para-hydroxylation sites is 2. The average Bonchev–Trinajstić information content (AvgIpc) is 3.87. The highest BCUT2D eigenvalue weighted by atomic mass is 15.1. The van der Waals surface area contributed by atoms with Gasteiger partial charge in [-0.2, -0.15) is 0 Å². The van der Waals surface area contributed by atoms with Crippen LogP contribution in [0.25, 0.3) is 88.9 Å². The van der Waals surface area contributed by atoms with Gasteiger partial charge in [0.05, 0.1) is 33.5 Å². The van der Waals surface area contributed by atoms with E-state index in [-0.39, 0.29) is 0 Å². The van der Waals surface area contributed by atoms with Gasteiger partial charge in [-0.1, -0.05) is 183 Å². The van der Waals surface area contributed by atoms with Crippen LogP contribution in [0.15, 0.2) is 229 Å². The molecule has 6 heteroatoms. The standard InChI is InChI=1S/C57H40N6/c1-38(40-19-7-3-8-20-40)58-56(42-23-11-5-12-24-42)59-39(2)62-51-29-17-16-28-47(51)49-35-44(32-34-53(49)62)45-31-33-48-46-27-15-18-30-52(46)63(54(48)36-45)55-37-50(41-21-9-4-10-22-41)60-57(61-55)43-25-13-6-14-26-43/h3-37H,1H2,2H3/b58-56-,59-39+. The molecule has 11 aromatic rings. The van der Waals surface area contributed by atoms with Gasteiger partial charge in [-0.05, 0) is 53.9 Å². The number of aromatic nitrogens is 4. The van der Waals surface area contributed by atoms with Crippen molar-refractivity contribution in [3.8, 4) is 39.6 Å². The Bertz CT molecular complexity index is 3510. The monoisotopic (exact) mass is 808 g/mol. The van der Waals surface area contributed by atoms with E-state index in [0.717, 1.165) is 89.0 Å². The van der Waals surface area contributed by atoms with Crippen LogP contribution in [0.2, 0.25) is 0 Å². The molecule has 0 N–H and O–H groups in total. The summed E-state index contributed by atoms with van der Waals surface area (Å²) in [5.74, 6) is 2.89. The van der Waals surface area contributed by atoms with Crippen LogP contribution < -0.4 is 0 Å². The number of rotatable bonds is 7. The minimum Gasteiger partial charge on any atom is -0.297 e. The molecule has 0 saturated carbocycles. The molecule has 3 heterocycles. The van der Waals surface area contributed by atoms with Gasteiger partial charge in [-0.25, -0.2) is 20.0 Å². The second-order valence-corrected chi connectivity index (χ2v) is 15.6. The number of nitrogens with zero attached hydrogens (tertiary/aromatic N) is 6. The van der Waals surface area contributed by atoms with Crippen LogP contribution in [0.3, 0.4) is 0 Å². The van der Waals surface area contributed by atoms with Gasteiger partial charge in [0.1, 0.15) is 11.7 Å². The van der Waals surface area contributed by atoms with Crippen LogP contribution in [0.4, 0.5) is 0 Å². The fourth-order valence-electron chi connectivity index (χ4n) is 8.69. The lowest BCUT2D eigenvalue weighted by Crippen LogP contribution is -2.11. The molecule has 0 bridgehead atoms. The molecule has 0 amide bonds. The van der Waals surface area contributed by atoms with Gasteiger partial charge in [0.25, 0.3) is 0 Å². The molecule has 3 aromatic heterocycles. The Morgan fingerprint density at radius 2 is 0.968 bits per heavy atom. The lowest BCUT2D eigenvalue weighted by molar-refractivity contribution is 1.05. The maximum absolute atomic E-state index is 5.26. The van der Waals surface area contributed by atoms with Gasteiger partial charge in [0, 0.05) is 44.3 Å². The Morgan fingerprint density at radius 3 is 1.68 bits per heavy atom. The average molecular weight is 809 g/mol. The number of aliphatic imine (C=N–C) groups is 2. The highest BCUT2D eigenvalue weighted by Crippen LogP contribution is 2.38. The summed E-state index contributed by atoms with van der Waals surface area (Å²) in [6.07, 6.45) is 0. The fourth-order valence-corrected chi connectivity index (χ4v) is 8.69. The van der Waals surface area contributed by atoms with Crippen LogP contribution in [0.1, 0.15) is 18.1 Å². The zero-order valence-electron chi connectivity index (χ0n) is 34.6. The van der Waals surface area contributed by atoms with Crippen LogP contribution in [0, 0.1) is 0 Å². The van der Waals surface area contributed by atoms with Crippen molar-refractivity contribution < 1.29 is 0 Å². The van der Waals surface area contributed by atoms with Gasteiger partial charge in [0.15, 0.2) is 11.7 Å². The molecular weight excluding hydrogens is 769 g/mol. The summed E-state index contributed by atoms with van der Waals surface area (Å²) in [6.45, 7) is 6.37. The number of hydrogen-bond donors (Lipinski definition) is 0. The molecule has 0 radical (unpaired) electrons. The molecule has 0 unspecified atom stereocenters. The highest BCUT2D eigenvalue weighted by molar-refractivity contribution is 6.17. The van der Waals surface area contributed by atoms with E-state index >= 15 is 0 Å². The molecule has 8 aromatic carbocycles. The van der Waals surface area contributed by atoms with E-state index in [0.29, 0.717) is 17.4 Å². The van der Waals surface area contributed by atoms with E-state index in [1.165, 1.54) is 5.39 Å². The molecule has 298 valence electrons. The summed E-state index contributed by atoms with van der Waals surface area (Å²) >= 11 is 0. The quantitative estimate of drug-likeness (QED) is 0.119. The van der Waals surface area contributed by atoms with Gasteiger partial charge in [-0.15, -0.1) is 0 Å². The summed E-state index contributed by atoms with van der Waals surface area (Å²) in [6, 6.07) is 73.4. The Morgan fingerprint density at radius 1 is 0.429 bits per heavy atom. The second kappa shape index (κ2) is 15.8. The lowest BCUT2D eigenvalue weighted by Gasteiger charge is -2.13. The first-order chi connectivity index (χ1) is 31.1. The third-order valence-corrected chi connectivity index (χ3v) is 11.7. The van der Waals surface area contributed by atoms with Gasteiger partial charge >= 0.3 is 0 Å². The van der Waals surface area contributed by atoms with Crippen molar-refractivity contribution in [1.29, 1.82) is 0 Å². The maximum Gasteiger partial charge on any atom is 0.162 e. The van der Waals surface area contributed by atoms with E-state index in [4.69, 9.17) is 20.0 Å². The van der Waals surface area contributed by atoms with Crippen molar-refractivity contribution >= 4 is 61.0 Å². The van der Waals surface area contributed by atoms with E-state index in [1.54, 1.807) is 0 Å². The third-order valence-electron chi connectivity index (χ3n) is 11.7. The minimum atomic E-state index is 0.601. The second-order valence-electron chi connectivity index (χ2n) is 15.6. The maximum atomic E-state index is 5.26. The van der Waals surface area contributed by atoms with Crippen molar-refractivity contribution in [2.45, 2.75) is 6.92 Å². The van der Waals surface area contributed by atoms with E-state index in [2.05, 4.69) is 150 Å².